The van der Waals surface area contributed by atoms with Crippen LogP contribution < -0.4 is 0 Å². The van der Waals surface area contributed by atoms with Crippen LogP contribution in [-0.4, -0.2) is 50.7 Å². The zero-order chi connectivity index (χ0) is 15.8. The van der Waals surface area contributed by atoms with Gasteiger partial charge in [0.05, 0.1) is 0 Å². The summed E-state index contributed by atoms with van der Waals surface area (Å²) in [6, 6.07) is 0. The molecule has 0 aromatic rings. The number of rotatable bonds is 16. The zero-order valence-corrected chi connectivity index (χ0v) is 20.3. The molecule has 0 fully saturated rings. The third-order valence-corrected chi connectivity index (χ3v) is 26.4. The first-order valence-electron chi connectivity index (χ1n) is 7.24. The molecule has 0 aliphatic heterocycles. The number of hydrogen-bond donors (Lipinski definition) is 4. The summed E-state index contributed by atoms with van der Waals surface area (Å²) in [5, 5.41) is 0. The van der Waals surface area contributed by atoms with Crippen LogP contribution in [0.4, 0.5) is 0 Å². The van der Waals surface area contributed by atoms with E-state index in [-0.39, 0.29) is 0 Å². The van der Waals surface area contributed by atoms with Crippen molar-refractivity contribution in [1.82, 2.24) is 0 Å². The third-order valence-electron chi connectivity index (χ3n) is 2.33. The second-order valence-corrected chi connectivity index (χ2v) is 25.2. The molecule has 0 unspecified atom stereocenters. The average Bonchev–Trinajstić information content (AvgIpc) is 2.48. The molecule has 0 bridgehead atoms. The maximum Gasteiger partial charge on any atom is 0.300 e. The van der Waals surface area contributed by atoms with E-state index in [0.29, 0.717) is 0 Å². The Hall–Kier alpha value is 3.02. The van der Waals surface area contributed by atoms with Gasteiger partial charge in [-0.2, -0.15) is 95.4 Å². The van der Waals surface area contributed by atoms with Gasteiger partial charge in [-0.15, -0.1) is 0 Å². The topological polar surface area (TPSA) is 0 Å². The van der Waals surface area contributed by atoms with Crippen LogP contribution in [0.25, 0.3) is 0 Å². The number of thiol groups is 4. The SMILES string of the molecule is SCCCS[Si](SCCCS)(SCCCS)SCCCS. The summed E-state index contributed by atoms with van der Waals surface area (Å²) < 4.78 is -1.41. The van der Waals surface area contributed by atoms with Gasteiger partial charge in [0.15, 0.2) is 0 Å². The van der Waals surface area contributed by atoms with Gasteiger partial charge in [0.2, 0.25) is 0 Å². The zero-order valence-electron chi connectivity index (χ0n) is 12.4. The van der Waals surface area contributed by atoms with Crippen LogP contribution in [0.3, 0.4) is 0 Å². The van der Waals surface area contributed by atoms with Gasteiger partial charge in [-0.05, 0) is 71.7 Å². The molecule has 21 heavy (non-hydrogen) atoms. The van der Waals surface area contributed by atoms with E-state index in [1.807, 2.05) is 0 Å². The molecule has 0 saturated heterocycles. The van der Waals surface area contributed by atoms with Gasteiger partial charge in [0.25, 0.3) is 0 Å². The molecule has 0 aliphatic rings. The molecule has 0 saturated carbocycles. The highest BCUT2D eigenvalue weighted by Crippen LogP contribution is 2.51. The predicted molar refractivity (Wildman–Crippen MR) is 129 cm³/mol. The Balaban J connectivity index is 4.52. The van der Waals surface area contributed by atoms with Crippen LogP contribution in [0.2, 0.25) is 0 Å². The molecule has 0 aromatic heterocycles. The molecule has 0 aliphatic carbocycles. The largest absolute Gasteiger partial charge is 0.300 e. The second-order valence-electron chi connectivity index (χ2n) is 4.20. The molecule has 128 valence electrons. The van der Waals surface area contributed by atoms with Crippen molar-refractivity contribution in [3.63, 3.8) is 0 Å². The lowest BCUT2D eigenvalue weighted by molar-refractivity contribution is 1.13. The summed E-state index contributed by atoms with van der Waals surface area (Å²) in [6.45, 7) is 0. The Labute approximate surface area is 170 Å². The van der Waals surface area contributed by atoms with Crippen molar-refractivity contribution >= 4 is 100 Å². The van der Waals surface area contributed by atoms with Crippen molar-refractivity contribution in [1.29, 1.82) is 0 Å². The Morgan fingerprint density at radius 3 is 0.905 bits per heavy atom. The molecule has 0 heterocycles. The van der Waals surface area contributed by atoms with E-state index in [4.69, 9.17) is 0 Å². The fourth-order valence-electron chi connectivity index (χ4n) is 1.30. The Morgan fingerprint density at radius 2 is 0.714 bits per heavy atom. The Kier molecular flexibility index (Phi) is 20.4. The van der Waals surface area contributed by atoms with Gasteiger partial charge < -0.3 is 0 Å². The van der Waals surface area contributed by atoms with E-state index < -0.39 is 4.67 Å². The summed E-state index contributed by atoms with van der Waals surface area (Å²) in [6.07, 6.45) is 4.87. The summed E-state index contributed by atoms with van der Waals surface area (Å²) in [4.78, 5) is 0. The van der Waals surface area contributed by atoms with Crippen molar-refractivity contribution in [3.05, 3.63) is 0 Å². The maximum atomic E-state index is 4.36. The molecule has 0 spiro atoms. The fraction of sp³-hybridized carbons (Fsp3) is 1.00. The van der Waals surface area contributed by atoms with Crippen molar-refractivity contribution in [3.8, 4) is 0 Å². The lowest BCUT2D eigenvalue weighted by Gasteiger charge is -2.29. The Morgan fingerprint density at radius 1 is 0.476 bits per heavy atom. The second kappa shape index (κ2) is 17.8. The quantitative estimate of drug-likeness (QED) is 0.135. The molecule has 0 atom stereocenters. The minimum Gasteiger partial charge on any atom is -0.179 e. The highest BCUT2D eigenvalue weighted by molar-refractivity contribution is 8.99. The van der Waals surface area contributed by atoms with E-state index in [2.05, 4.69) is 95.4 Å². The minimum absolute atomic E-state index is 1.00. The third kappa shape index (κ3) is 13.9. The minimum atomic E-state index is -1.41. The first kappa shape index (κ1) is 24.0. The summed E-state index contributed by atoms with van der Waals surface area (Å²) in [5.74, 6) is 9.03. The van der Waals surface area contributed by atoms with E-state index >= 15 is 0 Å². The number of hydrogen-bond acceptors (Lipinski definition) is 8. The van der Waals surface area contributed by atoms with Gasteiger partial charge in [-0.25, -0.2) is 0 Å². The van der Waals surface area contributed by atoms with Crippen LogP contribution in [0.15, 0.2) is 0 Å². The summed E-state index contributed by atoms with van der Waals surface area (Å²) >= 11 is 26.4. The highest BCUT2D eigenvalue weighted by atomic mass is 32.9. The van der Waals surface area contributed by atoms with Gasteiger partial charge in [-0.1, -0.05) is 0 Å². The predicted octanol–water partition coefficient (Wildman–Crippen LogP) is 5.63. The average molecular weight is 457 g/mol. The highest BCUT2D eigenvalue weighted by Gasteiger charge is 2.36. The molecule has 0 amide bonds. The smallest absolute Gasteiger partial charge is 0.179 e. The van der Waals surface area contributed by atoms with Crippen LogP contribution in [0, 0.1) is 0 Å². The van der Waals surface area contributed by atoms with E-state index in [9.17, 15) is 0 Å². The fourth-order valence-corrected chi connectivity index (χ4v) is 25.2. The van der Waals surface area contributed by atoms with Gasteiger partial charge in [-0.3, -0.25) is 0 Å². The molecule has 0 rings (SSSR count). The monoisotopic (exact) mass is 456 g/mol. The first-order valence-corrected chi connectivity index (χ1v) is 18.6. The first-order chi connectivity index (χ1) is 10.2. The van der Waals surface area contributed by atoms with Crippen molar-refractivity contribution in [2.75, 3.05) is 46.0 Å². The van der Waals surface area contributed by atoms with Crippen LogP contribution in [0.1, 0.15) is 25.7 Å². The standard InChI is InChI=1S/C12H28S8Si/c13-5-1-9-17-21(18-10-2-6-14,19-11-3-7-15)20-12-4-8-16/h13-16H,1-12H2. The summed E-state index contributed by atoms with van der Waals surface area (Å²) in [7, 11) is 0. The molecular formula is C12H28S8Si. The van der Waals surface area contributed by atoms with Gasteiger partial charge >= 0.3 is 4.67 Å². The van der Waals surface area contributed by atoms with Crippen LogP contribution in [-0.2, 0) is 0 Å². The van der Waals surface area contributed by atoms with E-state index in [1.54, 1.807) is 0 Å². The van der Waals surface area contributed by atoms with Gasteiger partial charge in [0, 0.05) is 0 Å². The van der Waals surface area contributed by atoms with Crippen molar-refractivity contribution < 1.29 is 0 Å². The van der Waals surface area contributed by atoms with E-state index in [0.717, 1.165) is 23.0 Å². The molecule has 9 heteroatoms. The molecule has 0 radical (unpaired) electrons. The van der Waals surface area contributed by atoms with E-state index in [1.165, 1.54) is 48.7 Å². The van der Waals surface area contributed by atoms with Crippen molar-refractivity contribution in [2.45, 2.75) is 25.7 Å². The van der Waals surface area contributed by atoms with Crippen LogP contribution >= 0.6 is 95.4 Å². The molecule has 0 nitrogen and oxygen atoms in total. The lowest BCUT2D eigenvalue weighted by Crippen LogP contribution is -2.22. The molecule has 0 aromatic carbocycles. The molecular weight excluding hydrogens is 429 g/mol. The lowest BCUT2D eigenvalue weighted by atomic mass is 10.6. The van der Waals surface area contributed by atoms with Crippen molar-refractivity contribution in [2.24, 2.45) is 0 Å². The molecule has 0 N–H and O–H groups in total. The summed E-state index contributed by atoms with van der Waals surface area (Å²) in [5.41, 5.74) is 0. The normalized spacial score (nSPS) is 12.0. The van der Waals surface area contributed by atoms with Gasteiger partial charge in [0.1, 0.15) is 0 Å². The Bertz CT molecular complexity index is 174. The van der Waals surface area contributed by atoms with Crippen LogP contribution in [0.5, 0.6) is 0 Å². The maximum absolute atomic E-state index is 4.36.